The van der Waals surface area contributed by atoms with Gasteiger partial charge >= 0.3 is 0 Å². The van der Waals surface area contributed by atoms with Crippen LogP contribution in [0.1, 0.15) is 11.3 Å². The third-order valence-corrected chi connectivity index (χ3v) is 6.65. The maximum Gasteiger partial charge on any atom is 0.293 e. The van der Waals surface area contributed by atoms with Gasteiger partial charge in [0.15, 0.2) is 0 Å². The zero-order valence-electron chi connectivity index (χ0n) is 17.4. The molecular formula is C25H15ClN2O5S. The molecule has 0 N–H and O–H groups in total. The first-order valence-electron chi connectivity index (χ1n) is 10.2. The monoisotopic (exact) mass is 490 g/mol. The molecule has 1 fully saturated rings. The van der Waals surface area contributed by atoms with Crippen LogP contribution in [-0.4, -0.2) is 21.0 Å². The van der Waals surface area contributed by atoms with E-state index in [1.54, 1.807) is 12.1 Å². The number of fused-ring (bicyclic) bond motifs is 1. The topological polar surface area (TPSA) is 93.7 Å². The first-order chi connectivity index (χ1) is 16.4. The van der Waals surface area contributed by atoms with Crippen molar-refractivity contribution >= 4 is 57.0 Å². The van der Waals surface area contributed by atoms with E-state index in [4.69, 9.17) is 16.0 Å². The van der Waals surface area contributed by atoms with E-state index in [-0.39, 0.29) is 22.4 Å². The second-order valence-electron chi connectivity index (χ2n) is 7.53. The van der Waals surface area contributed by atoms with Crippen molar-refractivity contribution in [2.24, 2.45) is 0 Å². The lowest BCUT2D eigenvalue weighted by Gasteiger charge is -2.14. The minimum Gasteiger partial charge on any atom is -0.457 e. The summed E-state index contributed by atoms with van der Waals surface area (Å²) in [5.74, 6) is 0.234. The molecule has 2 amide bonds. The highest BCUT2D eigenvalue weighted by molar-refractivity contribution is 8.18. The summed E-state index contributed by atoms with van der Waals surface area (Å²) >= 11 is 7.03. The van der Waals surface area contributed by atoms with Gasteiger partial charge in [0, 0.05) is 23.8 Å². The number of rotatable bonds is 5. The van der Waals surface area contributed by atoms with Crippen LogP contribution in [0.2, 0.25) is 5.02 Å². The summed E-state index contributed by atoms with van der Waals surface area (Å²) in [5, 5.41) is 13.0. The fourth-order valence-electron chi connectivity index (χ4n) is 3.76. The number of nitro groups is 1. The smallest absolute Gasteiger partial charge is 0.293 e. The lowest BCUT2D eigenvalue weighted by atomic mass is 10.0. The fourth-order valence-corrected chi connectivity index (χ4v) is 4.79. The molecule has 4 aromatic rings. The Kier molecular flexibility index (Phi) is 5.69. The van der Waals surface area contributed by atoms with E-state index in [1.807, 2.05) is 42.5 Å². The molecule has 0 spiro atoms. The Morgan fingerprint density at radius 3 is 2.65 bits per heavy atom. The number of thioether (sulfide) groups is 1. The first-order valence-corrected chi connectivity index (χ1v) is 11.4. The second-order valence-corrected chi connectivity index (χ2v) is 8.93. The van der Waals surface area contributed by atoms with Crippen LogP contribution in [0.15, 0.2) is 82.1 Å². The summed E-state index contributed by atoms with van der Waals surface area (Å²) in [5.41, 5.74) is 1.12. The quantitative estimate of drug-likeness (QED) is 0.171. The van der Waals surface area contributed by atoms with Crippen molar-refractivity contribution in [1.82, 2.24) is 4.90 Å². The van der Waals surface area contributed by atoms with Crippen LogP contribution in [0, 0.1) is 10.1 Å². The van der Waals surface area contributed by atoms with Gasteiger partial charge in [-0.1, -0.05) is 54.1 Å². The third-order valence-electron chi connectivity index (χ3n) is 5.41. The highest BCUT2D eigenvalue weighted by Gasteiger charge is 2.35. The number of hydrogen-bond donors (Lipinski definition) is 0. The summed E-state index contributed by atoms with van der Waals surface area (Å²) in [4.78, 5) is 37.6. The van der Waals surface area contributed by atoms with Gasteiger partial charge in [-0.25, -0.2) is 0 Å². The zero-order valence-corrected chi connectivity index (χ0v) is 19.0. The number of non-ortho nitro benzene ring substituents is 1. The molecule has 1 aromatic heterocycles. The van der Waals surface area contributed by atoms with Crippen molar-refractivity contribution in [2.45, 2.75) is 6.54 Å². The number of amides is 2. The highest BCUT2D eigenvalue weighted by atomic mass is 35.5. The minimum atomic E-state index is -0.518. The normalized spacial score (nSPS) is 15.0. The first kappa shape index (κ1) is 21.9. The van der Waals surface area contributed by atoms with Gasteiger partial charge in [-0.2, -0.15) is 0 Å². The summed E-state index contributed by atoms with van der Waals surface area (Å²) in [6.45, 7) is 0.163. The molecule has 3 aromatic carbocycles. The van der Waals surface area contributed by atoms with Gasteiger partial charge in [0.25, 0.3) is 16.8 Å². The van der Waals surface area contributed by atoms with Crippen LogP contribution < -0.4 is 0 Å². The summed E-state index contributed by atoms with van der Waals surface area (Å²) < 4.78 is 5.76. The molecule has 0 radical (unpaired) electrons. The number of benzene rings is 3. The van der Waals surface area contributed by atoms with Gasteiger partial charge in [-0.05, 0) is 46.3 Å². The standard InChI is InChI=1S/C25H15ClN2O5S/c26-21-10-8-17(28(31)32)12-20(21)22-11-9-18(33-22)13-23-24(29)27(25(30)34-23)14-16-6-3-5-15-4-1-2-7-19(15)16/h1-13H,14H2/b23-13+. The van der Waals surface area contributed by atoms with Gasteiger partial charge in [-0.3, -0.25) is 24.6 Å². The average Bonchev–Trinajstić information content (AvgIpc) is 3.39. The van der Waals surface area contributed by atoms with Crippen molar-refractivity contribution in [2.75, 3.05) is 0 Å². The maximum atomic E-state index is 13.0. The number of imide groups is 1. The molecule has 0 unspecified atom stereocenters. The van der Waals surface area contributed by atoms with Crippen LogP contribution >= 0.6 is 23.4 Å². The molecule has 1 saturated heterocycles. The molecule has 0 saturated carbocycles. The minimum absolute atomic E-state index is 0.119. The lowest BCUT2D eigenvalue weighted by molar-refractivity contribution is -0.384. The van der Waals surface area contributed by atoms with Crippen LogP contribution in [0.5, 0.6) is 0 Å². The van der Waals surface area contributed by atoms with Crippen molar-refractivity contribution in [1.29, 1.82) is 0 Å². The van der Waals surface area contributed by atoms with Gasteiger partial charge in [-0.15, -0.1) is 0 Å². The number of nitrogens with zero attached hydrogens (tertiary/aromatic N) is 2. The molecule has 0 atom stereocenters. The molecule has 5 rings (SSSR count). The Hall–Kier alpha value is -3.88. The zero-order chi connectivity index (χ0) is 23.8. The number of carbonyl (C=O) groups excluding carboxylic acids is 2. The van der Waals surface area contributed by atoms with E-state index in [0.29, 0.717) is 22.1 Å². The van der Waals surface area contributed by atoms with Gasteiger partial charge in [0.2, 0.25) is 0 Å². The van der Waals surface area contributed by atoms with E-state index in [0.717, 1.165) is 28.1 Å². The average molecular weight is 491 g/mol. The molecule has 2 heterocycles. The number of nitro benzene ring substituents is 1. The maximum absolute atomic E-state index is 13.0. The molecule has 9 heteroatoms. The lowest BCUT2D eigenvalue weighted by Crippen LogP contribution is -2.27. The third kappa shape index (κ3) is 4.09. The number of furan rings is 1. The molecule has 1 aliphatic heterocycles. The van der Waals surface area contributed by atoms with E-state index >= 15 is 0 Å². The van der Waals surface area contributed by atoms with E-state index in [9.17, 15) is 19.7 Å². The fraction of sp³-hybridized carbons (Fsp3) is 0.0400. The van der Waals surface area contributed by atoms with E-state index in [2.05, 4.69) is 0 Å². The van der Waals surface area contributed by atoms with Crippen molar-refractivity contribution < 1.29 is 18.9 Å². The summed E-state index contributed by atoms with van der Waals surface area (Å²) in [6, 6.07) is 20.9. The molecule has 0 bridgehead atoms. The Labute approximate surface area is 202 Å². The molecule has 7 nitrogen and oxygen atoms in total. The van der Waals surface area contributed by atoms with Crippen LogP contribution in [-0.2, 0) is 11.3 Å². The molecular weight excluding hydrogens is 476 g/mol. The molecule has 34 heavy (non-hydrogen) atoms. The summed E-state index contributed by atoms with van der Waals surface area (Å²) in [6.07, 6.45) is 1.49. The SMILES string of the molecule is O=C1S/C(=C/c2ccc(-c3cc([N+](=O)[O-])ccc3Cl)o2)C(=O)N1Cc1cccc2ccccc12. The van der Waals surface area contributed by atoms with Crippen molar-refractivity contribution in [3.05, 3.63) is 104 Å². The van der Waals surface area contributed by atoms with Crippen LogP contribution in [0.4, 0.5) is 10.5 Å². The molecule has 1 aliphatic rings. The Balaban J connectivity index is 1.40. The number of carbonyl (C=O) groups is 2. The predicted octanol–water partition coefficient (Wildman–Crippen LogP) is 6.90. The predicted molar refractivity (Wildman–Crippen MR) is 131 cm³/mol. The van der Waals surface area contributed by atoms with Crippen LogP contribution in [0.25, 0.3) is 28.2 Å². The highest BCUT2D eigenvalue weighted by Crippen LogP contribution is 2.36. The van der Waals surface area contributed by atoms with Gasteiger partial charge in [0.05, 0.1) is 21.4 Å². The van der Waals surface area contributed by atoms with E-state index in [1.165, 1.54) is 29.2 Å². The molecule has 168 valence electrons. The number of halogens is 1. The van der Waals surface area contributed by atoms with E-state index < -0.39 is 10.8 Å². The second kappa shape index (κ2) is 8.81. The van der Waals surface area contributed by atoms with Crippen molar-refractivity contribution in [3.63, 3.8) is 0 Å². The number of hydrogen-bond acceptors (Lipinski definition) is 6. The largest absolute Gasteiger partial charge is 0.457 e. The van der Waals surface area contributed by atoms with Crippen molar-refractivity contribution in [3.8, 4) is 11.3 Å². The van der Waals surface area contributed by atoms with Gasteiger partial charge in [0.1, 0.15) is 11.5 Å². The Bertz CT molecular complexity index is 1500. The Morgan fingerprint density at radius 1 is 1.03 bits per heavy atom. The Morgan fingerprint density at radius 2 is 1.82 bits per heavy atom. The molecule has 0 aliphatic carbocycles. The summed E-state index contributed by atoms with van der Waals surface area (Å²) in [7, 11) is 0. The van der Waals surface area contributed by atoms with Crippen LogP contribution in [0.3, 0.4) is 0 Å². The van der Waals surface area contributed by atoms with Gasteiger partial charge < -0.3 is 4.42 Å².